The Morgan fingerprint density at radius 1 is 0.818 bits per heavy atom. The van der Waals surface area contributed by atoms with Gasteiger partial charge in [0.1, 0.15) is 42.0 Å². The van der Waals surface area contributed by atoms with Gasteiger partial charge in [0.2, 0.25) is 0 Å². The standard InChI is InChI=1S/C30H43BrO13/c1-30(2,3)29(33)44-23-21-18(15-38-26(43-21)16-11-9-8-10-12-16)41-28(25(23)42-19(32)13-31)39-14-17-20(34-4)22(35-5)24(36-6)27(37-7)40-17/h8-12,17-18,20-28H,13-15H2,1-7H3/t17?,18?,20-,21-,22?,23?,24?,25?,26?,27+,28-/m1/s1. The third kappa shape index (κ3) is 7.97. The molecule has 248 valence electrons. The van der Waals surface area contributed by atoms with Crippen LogP contribution in [0.5, 0.6) is 0 Å². The fraction of sp³-hybridized carbons (Fsp3) is 0.733. The third-order valence-corrected chi connectivity index (χ3v) is 8.11. The highest BCUT2D eigenvalue weighted by molar-refractivity contribution is 9.09. The van der Waals surface area contributed by atoms with E-state index >= 15 is 0 Å². The molecule has 7 unspecified atom stereocenters. The fourth-order valence-corrected chi connectivity index (χ4v) is 5.53. The van der Waals surface area contributed by atoms with Crippen molar-refractivity contribution in [2.45, 2.75) is 88.5 Å². The average molecular weight is 692 g/mol. The van der Waals surface area contributed by atoms with Crippen molar-refractivity contribution in [3.63, 3.8) is 0 Å². The molecular weight excluding hydrogens is 648 g/mol. The van der Waals surface area contributed by atoms with E-state index < -0.39 is 85.1 Å². The molecule has 14 heteroatoms. The summed E-state index contributed by atoms with van der Waals surface area (Å²) in [5, 5.41) is -0.109. The van der Waals surface area contributed by atoms with Crippen LogP contribution in [0, 0.1) is 5.41 Å². The number of hydrogen-bond acceptors (Lipinski definition) is 13. The quantitative estimate of drug-likeness (QED) is 0.249. The molecule has 0 N–H and O–H groups in total. The summed E-state index contributed by atoms with van der Waals surface area (Å²) >= 11 is 3.14. The third-order valence-electron chi connectivity index (χ3n) is 7.65. The van der Waals surface area contributed by atoms with Crippen LogP contribution in [-0.2, 0) is 61.7 Å². The molecule has 0 saturated carbocycles. The Morgan fingerprint density at radius 2 is 1.50 bits per heavy atom. The summed E-state index contributed by atoms with van der Waals surface area (Å²) in [6, 6.07) is 9.34. The molecule has 0 bridgehead atoms. The monoisotopic (exact) mass is 690 g/mol. The molecule has 11 atom stereocenters. The number of benzene rings is 1. The van der Waals surface area contributed by atoms with Crippen molar-refractivity contribution in [3.8, 4) is 0 Å². The number of esters is 2. The molecule has 0 aliphatic carbocycles. The van der Waals surface area contributed by atoms with Gasteiger partial charge in [-0.2, -0.15) is 0 Å². The van der Waals surface area contributed by atoms with Crippen LogP contribution < -0.4 is 0 Å². The minimum absolute atomic E-state index is 0.0899. The Hall–Kier alpha value is -1.72. The predicted molar refractivity (Wildman–Crippen MR) is 156 cm³/mol. The molecule has 3 fully saturated rings. The van der Waals surface area contributed by atoms with Crippen LogP contribution in [0.2, 0.25) is 0 Å². The van der Waals surface area contributed by atoms with Crippen LogP contribution in [0.3, 0.4) is 0 Å². The topological polar surface area (TPSA) is 136 Å². The lowest BCUT2D eigenvalue weighted by atomic mass is 9.94. The zero-order valence-electron chi connectivity index (χ0n) is 26.0. The first-order chi connectivity index (χ1) is 21.1. The zero-order valence-corrected chi connectivity index (χ0v) is 27.6. The first-order valence-electron chi connectivity index (χ1n) is 14.4. The van der Waals surface area contributed by atoms with Gasteiger partial charge in [-0.15, -0.1) is 0 Å². The predicted octanol–water partition coefficient (Wildman–Crippen LogP) is 2.52. The number of carbonyl (C=O) groups is 2. The van der Waals surface area contributed by atoms with Crippen molar-refractivity contribution in [2.75, 3.05) is 47.0 Å². The second-order valence-electron chi connectivity index (χ2n) is 11.6. The van der Waals surface area contributed by atoms with Crippen LogP contribution in [0.4, 0.5) is 0 Å². The molecule has 1 aromatic carbocycles. The summed E-state index contributed by atoms with van der Waals surface area (Å²) in [7, 11) is 6.09. The number of alkyl halides is 1. The smallest absolute Gasteiger partial charge is 0.317 e. The Balaban J connectivity index is 1.62. The van der Waals surface area contributed by atoms with Gasteiger partial charge < -0.3 is 52.1 Å². The van der Waals surface area contributed by atoms with Crippen LogP contribution >= 0.6 is 15.9 Å². The van der Waals surface area contributed by atoms with Crippen LogP contribution in [-0.4, -0.2) is 120 Å². The number of methoxy groups -OCH3 is 4. The molecule has 3 aliphatic rings. The van der Waals surface area contributed by atoms with Gasteiger partial charge in [-0.05, 0) is 20.8 Å². The molecule has 0 radical (unpaired) electrons. The summed E-state index contributed by atoms with van der Waals surface area (Å²) in [6.07, 6.45) is -9.02. The van der Waals surface area contributed by atoms with Gasteiger partial charge in [0, 0.05) is 34.0 Å². The maximum Gasteiger partial charge on any atom is 0.317 e. The normalized spacial score (nSPS) is 35.9. The summed E-state index contributed by atoms with van der Waals surface area (Å²) in [4.78, 5) is 25.9. The largest absolute Gasteiger partial charge is 0.455 e. The number of hydrogen-bond donors (Lipinski definition) is 0. The lowest BCUT2D eigenvalue weighted by Crippen LogP contribution is -2.65. The second kappa shape index (κ2) is 15.7. The first-order valence-corrected chi connectivity index (χ1v) is 15.5. The molecule has 3 aliphatic heterocycles. The highest BCUT2D eigenvalue weighted by atomic mass is 79.9. The summed E-state index contributed by atoms with van der Waals surface area (Å²) in [5.41, 5.74) is -0.0869. The number of carbonyl (C=O) groups excluding carboxylic acids is 2. The molecule has 3 heterocycles. The van der Waals surface area contributed by atoms with Gasteiger partial charge in [-0.1, -0.05) is 46.3 Å². The van der Waals surface area contributed by atoms with Crippen molar-refractivity contribution < 1.29 is 61.7 Å². The van der Waals surface area contributed by atoms with E-state index in [-0.39, 0.29) is 18.5 Å². The van der Waals surface area contributed by atoms with E-state index in [4.69, 9.17) is 52.1 Å². The SMILES string of the molecule is COC1C(OC)[C@H](OC)C(CO[C@@H]2OC3COC(c4ccccc4)O[C@H]3C(OC(=O)C(C)(C)C)C2OC(=O)CBr)O[C@@H]1OC. The Kier molecular flexibility index (Phi) is 12.6. The number of fused-ring (bicyclic) bond motifs is 1. The van der Waals surface area contributed by atoms with Gasteiger partial charge in [0.25, 0.3) is 0 Å². The number of rotatable bonds is 11. The highest BCUT2D eigenvalue weighted by Crippen LogP contribution is 2.38. The van der Waals surface area contributed by atoms with Crippen molar-refractivity contribution in [3.05, 3.63) is 35.9 Å². The number of halogens is 1. The molecule has 4 rings (SSSR count). The van der Waals surface area contributed by atoms with Crippen molar-refractivity contribution in [2.24, 2.45) is 5.41 Å². The maximum atomic E-state index is 13.2. The van der Waals surface area contributed by atoms with Crippen LogP contribution in [0.25, 0.3) is 0 Å². The molecule has 3 saturated heterocycles. The summed E-state index contributed by atoms with van der Waals surface area (Å²) < 4.78 is 65.3. The van der Waals surface area contributed by atoms with E-state index in [1.165, 1.54) is 21.3 Å². The van der Waals surface area contributed by atoms with Crippen LogP contribution in [0.1, 0.15) is 32.6 Å². The highest BCUT2D eigenvalue weighted by Gasteiger charge is 2.55. The molecule has 44 heavy (non-hydrogen) atoms. The molecule has 13 nitrogen and oxygen atoms in total. The minimum atomic E-state index is -1.20. The van der Waals surface area contributed by atoms with Crippen LogP contribution in [0.15, 0.2) is 30.3 Å². The van der Waals surface area contributed by atoms with E-state index in [1.807, 2.05) is 30.3 Å². The van der Waals surface area contributed by atoms with Crippen molar-refractivity contribution >= 4 is 27.9 Å². The average Bonchev–Trinajstić information content (AvgIpc) is 3.03. The lowest BCUT2D eigenvalue weighted by molar-refractivity contribution is -0.370. The lowest BCUT2D eigenvalue weighted by Gasteiger charge is -2.49. The first kappa shape index (κ1) is 35.1. The zero-order chi connectivity index (χ0) is 32.0. The maximum absolute atomic E-state index is 13.2. The Bertz CT molecular complexity index is 1070. The molecule has 0 aromatic heterocycles. The van der Waals surface area contributed by atoms with Gasteiger partial charge in [-0.3, -0.25) is 9.59 Å². The van der Waals surface area contributed by atoms with E-state index in [2.05, 4.69) is 15.9 Å². The van der Waals surface area contributed by atoms with E-state index in [9.17, 15) is 9.59 Å². The number of ether oxygens (including phenoxy) is 11. The molecule has 0 amide bonds. The Labute approximate surface area is 266 Å². The van der Waals surface area contributed by atoms with Crippen molar-refractivity contribution in [1.29, 1.82) is 0 Å². The summed E-state index contributed by atoms with van der Waals surface area (Å²) in [6.45, 7) is 5.20. The van der Waals surface area contributed by atoms with Gasteiger partial charge >= 0.3 is 11.9 Å². The van der Waals surface area contributed by atoms with E-state index in [1.54, 1.807) is 27.9 Å². The summed E-state index contributed by atoms with van der Waals surface area (Å²) in [5.74, 6) is -1.13. The van der Waals surface area contributed by atoms with E-state index in [0.717, 1.165) is 5.56 Å². The van der Waals surface area contributed by atoms with E-state index in [0.29, 0.717) is 0 Å². The van der Waals surface area contributed by atoms with Gasteiger partial charge in [0.05, 0.1) is 18.6 Å². The molecule has 1 aromatic rings. The molecule has 0 spiro atoms. The minimum Gasteiger partial charge on any atom is -0.455 e. The Morgan fingerprint density at radius 3 is 2.09 bits per heavy atom. The second-order valence-corrected chi connectivity index (χ2v) is 12.2. The van der Waals surface area contributed by atoms with Gasteiger partial charge in [-0.25, -0.2) is 0 Å². The van der Waals surface area contributed by atoms with Crippen molar-refractivity contribution in [1.82, 2.24) is 0 Å². The molecular formula is C30H43BrO13. The van der Waals surface area contributed by atoms with Gasteiger partial charge in [0.15, 0.2) is 31.1 Å². The fourth-order valence-electron chi connectivity index (χ4n) is 5.40.